The number of esters is 1. The number of carbonyl (C=O) groups is 5. The van der Waals surface area contributed by atoms with Crippen molar-refractivity contribution in [1.29, 1.82) is 0 Å². The zero-order chi connectivity index (χ0) is 26.2. The Morgan fingerprint density at radius 2 is 1.53 bits per heavy atom. The largest absolute Gasteiger partial charge is 0.496 e. The number of hydrogen-bond acceptors (Lipinski definition) is 8. The number of anilines is 2. The standard InChI is InChI=1S/C24H26N4O8/c1-14(29)25-16-7-9-17(10-8-16)26-20(30)13-36-24(33)15-11-21(31)28(12-15)27-23(32)22-18(34-2)5-4-6-19(22)35-3/h4-10,15H,11-13H2,1-3H3,(H,25,29)(H,26,30)(H,27,32)/t15-/m0/s1. The van der Waals surface area contributed by atoms with Crippen LogP contribution < -0.4 is 25.5 Å². The summed E-state index contributed by atoms with van der Waals surface area (Å²) in [6, 6.07) is 11.2. The molecule has 1 saturated heterocycles. The van der Waals surface area contributed by atoms with Crippen molar-refractivity contribution in [2.75, 3.05) is 38.0 Å². The van der Waals surface area contributed by atoms with E-state index in [0.717, 1.165) is 5.01 Å². The Bertz CT molecular complexity index is 1140. The minimum Gasteiger partial charge on any atom is -0.496 e. The third-order valence-electron chi connectivity index (χ3n) is 5.18. The van der Waals surface area contributed by atoms with Crippen LogP contribution in [0.3, 0.4) is 0 Å². The van der Waals surface area contributed by atoms with Crippen molar-refractivity contribution in [3.8, 4) is 11.5 Å². The van der Waals surface area contributed by atoms with Gasteiger partial charge in [0.15, 0.2) is 6.61 Å². The molecular formula is C24H26N4O8. The smallest absolute Gasteiger partial charge is 0.311 e. The summed E-state index contributed by atoms with van der Waals surface area (Å²) in [5.41, 5.74) is 3.58. The fraction of sp³-hybridized carbons (Fsp3) is 0.292. The van der Waals surface area contributed by atoms with E-state index in [0.29, 0.717) is 11.4 Å². The van der Waals surface area contributed by atoms with Crippen molar-refractivity contribution in [1.82, 2.24) is 10.4 Å². The highest BCUT2D eigenvalue weighted by Gasteiger charge is 2.37. The van der Waals surface area contributed by atoms with Gasteiger partial charge in [0.1, 0.15) is 17.1 Å². The first kappa shape index (κ1) is 26.0. The molecule has 1 aliphatic heterocycles. The molecule has 4 amide bonds. The van der Waals surface area contributed by atoms with Gasteiger partial charge in [-0.1, -0.05) is 6.07 Å². The summed E-state index contributed by atoms with van der Waals surface area (Å²) in [4.78, 5) is 60.8. The lowest BCUT2D eigenvalue weighted by molar-refractivity contribution is -0.151. The number of carbonyl (C=O) groups excluding carboxylic acids is 5. The summed E-state index contributed by atoms with van der Waals surface area (Å²) in [7, 11) is 2.80. The van der Waals surface area contributed by atoms with Crippen molar-refractivity contribution in [3.63, 3.8) is 0 Å². The van der Waals surface area contributed by atoms with E-state index < -0.39 is 36.2 Å². The van der Waals surface area contributed by atoms with Gasteiger partial charge in [0.2, 0.25) is 11.8 Å². The molecule has 0 bridgehead atoms. The average molecular weight is 498 g/mol. The van der Waals surface area contributed by atoms with Crippen LogP contribution in [-0.4, -0.2) is 62.0 Å². The van der Waals surface area contributed by atoms with Gasteiger partial charge in [0.05, 0.1) is 26.7 Å². The van der Waals surface area contributed by atoms with E-state index >= 15 is 0 Å². The maximum Gasteiger partial charge on any atom is 0.311 e. The van der Waals surface area contributed by atoms with Crippen LogP contribution in [0.25, 0.3) is 0 Å². The van der Waals surface area contributed by atoms with Gasteiger partial charge in [-0.15, -0.1) is 0 Å². The molecule has 1 fully saturated rings. The van der Waals surface area contributed by atoms with Crippen LogP contribution in [0.15, 0.2) is 42.5 Å². The van der Waals surface area contributed by atoms with E-state index in [9.17, 15) is 24.0 Å². The van der Waals surface area contributed by atoms with Crippen LogP contribution in [0.5, 0.6) is 11.5 Å². The van der Waals surface area contributed by atoms with E-state index in [1.807, 2.05) is 0 Å². The maximum atomic E-state index is 12.8. The maximum absolute atomic E-state index is 12.8. The van der Waals surface area contributed by atoms with Crippen molar-refractivity contribution in [2.45, 2.75) is 13.3 Å². The first-order valence-corrected chi connectivity index (χ1v) is 10.9. The monoisotopic (exact) mass is 498 g/mol. The number of rotatable bonds is 9. The Kier molecular flexibility index (Phi) is 8.44. The summed E-state index contributed by atoms with van der Waals surface area (Å²) in [5, 5.41) is 6.19. The summed E-state index contributed by atoms with van der Waals surface area (Å²) in [6.07, 6.45) is -0.186. The minimum atomic E-state index is -0.859. The number of amides is 4. The van der Waals surface area contributed by atoms with Gasteiger partial charge in [-0.05, 0) is 36.4 Å². The van der Waals surface area contributed by atoms with Crippen molar-refractivity contribution in [2.24, 2.45) is 5.92 Å². The highest BCUT2D eigenvalue weighted by Crippen LogP contribution is 2.28. The normalized spacial score (nSPS) is 14.6. The molecule has 0 saturated carbocycles. The molecule has 12 heteroatoms. The molecule has 1 aliphatic rings. The van der Waals surface area contributed by atoms with E-state index in [2.05, 4.69) is 16.1 Å². The summed E-state index contributed by atoms with van der Waals surface area (Å²) < 4.78 is 15.5. The fourth-order valence-corrected chi connectivity index (χ4v) is 3.52. The SMILES string of the molecule is COc1cccc(OC)c1C(=O)NN1C[C@@H](C(=O)OCC(=O)Nc2ccc(NC(C)=O)cc2)CC1=O. The van der Waals surface area contributed by atoms with Gasteiger partial charge in [-0.25, -0.2) is 0 Å². The zero-order valence-corrected chi connectivity index (χ0v) is 20.0. The van der Waals surface area contributed by atoms with Crippen LogP contribution in [-0.2, 0) is 23.9 Å². The Balaban J connectivity index is 1.51. The molecular weight excluding hydrogens is 472 g/mol. The first-order chi connectivity index (χ1) is 17.2. The lowest BCUT2D eigenvalue weighted by atomic mass is 10.1. The summed E-state index contributed by atoms with van der Waals surface area (Å²) in [6.45, 7) is 0.710. The van der Waals surface area contributed by atoms with Gasteiger partial charge in [0, 0.05) is 24.7 Å². The van der Waals surface area contributed by atoms with Gasteiger partial charge < -0.3 is 24.8 Å². The van der Waals surface area contributed by atoms with E-state index in [4.69, 9.17) is 14.2 Å². The second-order valence-corrected chi connectivity index (χ2v) is 7.80. The van der Waals surface area contributed by atoms with E-state index in [1.165, 1.54) is 21.1 Å². The van der Waals surface area contributed by atoms with Crippen molar-refractivity contribution in [3.05, 3.63) is 48.0 Å². The Labute approximate surface area is 206 Å². The van der Waals surface area contributed by atoms with Gasteiger partial charge in [-0.3, -0.25) is 34.4 Å². The number of hydrogen-bond donors (Lipinski definition) is 3. The van der Waals surface area contributed by atoms with Crippen LogP contribution in [0.4, 0.5) is 11.4 Å². The topological polar surface area (TPSA) is 152 Å². The van der Waals surface area contributed by atoms with Crippen LogP contribution >= 0.6 is 0 Å². The number of nitrogens with one attached hydrogen (secondary N) is 3. The molecule has 3 N–H and O–H groups in total. The molecule has 190 valence electrons. The lowest BCUT2D eigenvalue weighted by Gasteiger charge is -2.19. The molecule has 2 aromatic carbocycles. The zero-order valence-electron chi connectivity index (χ0n) is 20.0. The second-order valence-electron chi connectivity index (χ2n) is 7.80. The Morgan fingerprint density at radius 1 is 0.944 bits per heavy atom. The number of benzene rings is 2. The number of methoxy groups -OCH3 is 2. The quantitative estimate of drug-likeness (QED) is 0.438. The van der Waals surface area contributed by atoms with Crippen LogP contribution in [0, 0.1) is 5.92 Å². The van der Waals surface area contributed by atoms with Gasteiger partial charge >= 0.3 is 5.97 Å². The van der Waals surface area contributed by atoms with Crippen LogP contribution in [0.1, 0.15) is 23.7 Å². The lowest BCUT2D eigenvalue weighted by Crippen LogP contribution is -2.43. The Hall–Kier alpha value is -4.61. The first-order valence-electron chi connectivity index (χ1n) is 10.9. The predicted octanol–water partition coefficient (Wildman–Crippen LogP) is 1.34. The predicted molar refractivity (Wildman–Crippen MR) is 127 cm³/mol. The minimum absolute atomic E-state index is 0.100. The second kappa shape index (κ2) is 11.7. The molecule has 0 aliphatic carbocycles. The van der Waals surface area contributed by atoms with Crippen LogP contribution in [0.2, 0.25) is 0 Å². The molecule has 0 radical (unpaired) electrons. The third kappa shape index (κ3) is 6.50. The highest BCUT2D eigenvalue weighted by atomic mass is 16.5. The summed E-state index contributed by atoms with van der Waals surface area (Å²) >= 11 is 0. The number of nitrogens with zero attached hydrogens (tertiary/aromatic N) is 1. The Morgan fingerprint density at radius 3 is 2.08 bits per heavy atom. The molecule has 0 spiro atoms. The van der Waals surface area contributed by atoms with Gasteiger partial charge in [-0.2, -0.15) is 0 Å². The molecule has 12 nitrogen and oxygen atoms in total. The average Bonchev–Trinajstić information content (AvgIpc) is 3.22. The fourth-order valence-electron chi connectivity index (χ4n) is 3.52. The molecule has 1 atom stereocenters. The third-order valence-corrected chi connectivity index (χ3v) is 5.18. The number of hydrazine groups is 1. The molecule has 0 unspecified atom stereocenters. The molecule has 0 aromatic heterocycles. The molecule has 36 heavy (non-hydrogen) atoms. The molecule has 2 aromatic rings. The van der Waals surface area contributed by atoms with Crippen molar-refractivity contribution < 1.29 is 38.2 Å². The molecule has 3 rings (SSSR count). The van der Waals surface area contributed by atoms with E-state index in [1.54, 1.807) is 42.5 Å². The number of ether oxygens (including phenoxy) is 3. The highest BCUT2D eigenvalue weighted by molar-refractivity contribution is 6.01. The summed E-state index contributed by atoms with van der Waals surface area (Å²) in [5.74, 6) is -3.02. The van der Waals surface area contributed by atoms with Crippen molar-refractivity contribution >= 4 is 41.0 Å². The van der Waals surface area contributed by atoms with Gasteiger partial charge in [0.25, 0.3) is 11.8 Å². The van der Waals surface area contributed by atoms with E-state index in [-0.39, 0.29) is 35.9 Å². The molecule has 1 heterocycles.